The molecule has 0 aliphatic carbocycles. The van der Waals surface area contributed by atoms with Crippen LogP contribution in [0.3, 0.4) is 0 Å². The van der Waals surface area contributed by atoms with Crippen LogP contribution in [0.4, 0.5) is 0 Å². The highest BCUT2D eigenvalue weighted by molar-refractivity contribution is 7.18. The summed E-state index contributed by atoms with van der Waals surface area (Å²) in [5.41, 5.74) is 2.15. The van der Waals surface area contributed by atoms with Gasteiger partial charge in [-0.1, -0.05) is 12.1 Å². The van der Waals surface area contributed by atoms with Gasteiger partial charge in [0, 0.05) is 21.9 Å². The van der Waals surface area contributed by atoms with Gasteiger partial charge < -0.3 is 14.5 Å². The zero-order valence-corrected chi connectivity index (χ0v) is 18.4. The lowest BCUT2D eigenvalue weighted by Crippen LogP contribution is -2.25. The molecule has 1 N–H and O–H groups in total. The van der Waals surface area contributed by atoms with Gasteiger partial charge in [-0.2, -0.15) is 0 Å². The van der Waals surface area contributed by atoms with Gasteiger partial charge in [-0.05, 0) is 48.5 Å². The van der Waals surface area contributed by atoms with Crippen LogP contribution >= 0.6 is 22.7 Å². The van der Waals surface area contributed by atoms with Crippen molar-refractivity contribution in [2.75, 3.05) is 19.8 Å². The average Bonchev–Trinajstić information content (AvgIpc) is 3.54. The minimum absolute atomic E-state index is 0.0558. The van der Waals surface area contributed by atoms with E-state index in [0.29, 0.717) is 25.1 Å². The third kappa shape index (κ3) is 3.44. The Morgan fingerprint density at radius 1 is 1.16 bits per heavy atom. The molecular weight excluding hydrogens is 430 g/mol. The number of aromatic amines is 1. The maximum atomic E-state index is 12.9. The Morgan fingerprint density at radius 2 is 2.06 bits per heavy atom. The lowest BCUT2D eigenvalue weighted by Gasteiger charge is -2.26. The normalized spacial score (nSPS) is 18.6. The molecule has 31 heavy (non-hydrogen) atoms. The monoisotopic (exact) mass is 451 g/mol. The molecule has 1 aromatic carbocycles. The first-order valence-corrected chi connectivity index (χ1v) is 12.2. The summed E-state index contributed by atoms with van der Waals surface area (Å²) in [6.45, 7) is 2.78. The van der Waals surface area contributed by atoms with Crippen LogP contribution in [-0.2, 0) is 6.54 Å². The summed E-state index contributed by atoms with van der Waals surface area (Å²) >= 11 is 3.18. The second kappa shape index (κ2) is 7.78. The Labute approximate surface area is 187 Å². The maximum Gasteiger partial charge on any atom is 0.260 e. The highest BCUT2D eigenvalue weighted by Gasteiger charge is 2.28. The molecular formula is C23H21N3O3S2. The summed E-state index contributed by atoms with van der Waals surface area (Å²) in [4.78, 5) is 25.1. The molecule has 6 rings (SSSR count). The SMILES string of the molecule is O=c1[nH]c(CN2CCCC2c2ccc3c(c2)OCCO3)nc2scc(-c3cccs3)c12. The summed E-state index contributed by atoms with van der Waals surface area (Å²) in [6.07, 6.45) is 2.20. The Kier molecular flexibility index (Phi) is 4.78. The summed E-state index contributed by atoms with van der Waals surface area (Å²) in [6, 6.07) is 10.6. The van der Waals surface area contributed by atoms with Gasteiger partial charge in [-0.15, -0.1) is 22.7 Å². The van der Waals surface area contributed by atoms with E-state index < -0.39 is 0 Å². The van der Waals surface area contributed by atoms with Gasteiger partial charge in [0.05, 0.1) is 11.9 Å². The van der Waals surface area contributed by atoms with Crippen LogP contribution in [0.1, 0.15) is 30.3 Å². The van der Waals surface area contributed by atoms with Crippen LogP contribution < -0.4 is 15.0 Å². The van der Waals surface area contributed by atoms with E-state index >= 15 is 0 Å². The van der Waals surface area contributed by atoms with Crippen molar-refractivity contribution < 1.29 is 9.47 Å². The molecule has 1 fully saturated rings. The minimum Gasteiger partial charge on any atom is -0.486 e. The number of nitrogens with one attached hydrogen (secondary N) is 1. The molecule has 8 heteroatoms. The number of fused-ring (bicyclic) bond motifs is 2. The number of thiophene rings is 2. The van der Waals surface area contributed by atoms with E-state index in [2.05, 4.69) is 22.0 Å². The molecule has 158 valence electrons. The van der Waals surface area contributed by atoms with E-state index in [1.165, 1.54) is 16.9 Å². The molecule has 1 saturated heterocycles. The van der Waals surface area contributed by atoms with Crippen molar-refractivity contribution in [2.45, 2.75) is 25.4 Å². The first-order valence-electron chi connectivity index (χ1n) is 10.4. The van der Waals surface area contributed by atoms with Gasteiger partial charge >= 0.3 is 0 Å². The number of hydrogen-bond acceptors (Lipinski definition) is 7. The molecule has 2 aliphatic heterocycles. The van der Waals surface area contributed by atoms with Crippen molar-refractivity contribution in [3.05, 3.63) is 62.8 Å². The molecule has 3 aromatic heterocycles. The van der Waals surface area contributed by atoms with Crippen LogP contribution in [-0.4, -0.2) is 34.6 Å². The molecule has 0 radical (unpaired) electrons. The molecule has 0 bridgehead atoms. The van der Waals surface area contributed by atoms with E-state index in [0.717, 1.165) is 52.0 Å². The van der Waals surface area contributed by atoms with Crippen LogP contribution in [0, 0.1) is 0 Å². The molecule has 6 nitrogen and oxygen atoms in total. The van der Waals surface area contributed by atoms with Crippen molar-refractivity contribution >= 4 is 32.9 Å². The number of hydrogen-bond donors (Lipinski definition) is 1. The largest absolute Gasteiger partial charge is 0.486 e. The van der Waals surface area contributed by atoms with E-state index in [1.54, 1.807) is 11.3 Å². The molecule has 0 spiro atoms. The third-order valence-corrected chi connectivity index (χ3v) is 7.72. The Hall–Kier alpha value is -2.68. The van der Waals surface area contributed by atoms with Crippen molar-refractivity contribution in [3.63, 3.8) is 0 Å². The first-order chi connectivity index (χ1) is 15.3. The quantitative estimate of drug-likeness (QED) is 0.482. The summed E-state index contributed by atoms with van der Waals surface area (Å²) in [5.74, 6) is 2.36. The molecule has 2 aliphatic rings. The number of ether oxygens (including phenoxy) is 2. The van der Waals surface area contributed by atoms with Gasteiger partial charge in [0.1, 0.15) is 23.9 Å². The molecule has 5 heterocycles. The highest BCUT2D eigenvalue weighted by Crippen LogP contribution is 2.39. The molecule has 0 amide bonds. The summed E-state index contributed by atoms with van der Waals surface area (Å²) in [7, 11) is 0. The summed E-state index contributed by atoms with van der Waals surface area (Å²) < 4.78 is 11.4. The van der Waals surface area contributed by atoms with Crippen LogP contribution in [0.15, 0.2) is 45.9 Å². The second-order valence-electron chi connectivity index (χ2n) is 7.85. The fraction of sp³-hybridized carbons (Fsp3) is 0.304. The minimum atomic E-state index is -0.0558. The van der Waals surface area contributed by atoms with Gasteiger partial charge in [-0.3, -0.25) is 9.69 Å². The highest BCUT2D eigenvalue weighted by atomic mass is 32.1. The lowest BCUT2D eigenvalue weighted by atomic mass is 10.0. The molecule has 1 atom stereocenters. The zero-order chi connectivity index (χ0) is 20.8. The third-order valence-electron chi connectivity index (χ3n) is 5.95. The van der Waals surface area contributed by atoms with Crippen LogP contribution in [0.2, 0.25) is 0 Å². The Morgan fingerprint density at radius 3 is 2.94 bits per heavy atom. The fourth-order valence-corrected chi connectivity index (χ4v) is 6.32. The smallest absolute Gasteiger partial charge is 0.260 e. The standard InChI is InChI=1S/C23H21N3O3S2/c27-22-21-15(19-4-2-10-30-19)13-31-23(21)25-20(24-22)12-26-7-1-3-16(26)14-5-6-17-18(11-14)29-9-8-28-17/h2,4-6,10-11,13,16H,1,3,7-9,12H2,(H,24,25,27). The number of benzene rings is 1. The van der Waals surface area contributed by atoms with Gasteiger partial charge in [0.25, 0.3) is 5.56 Å². The van der Waals surface area contributed by atoms with Crippen molar-refractivity contribution in [1.82, 2.24) is 14.9 Å². The molecule has 0 saturated carbocycles. The van der Waals surface area contributed by atoms with Crippen LogP contribution in [0.5, 0.6) is 11.5 Å². The maximum absolute atomic E-state index is 12.9. The average molecular weight is 452 g/mol. The predicted molar refractivity (Wildman–Crippen MR) is 123 cm³/mol. The summed E-state index contributed by atoms with van der Waals surface area (Å²) in [5, 5.41) is 4.76. The van der Waals surface area contributed by atoms with Gasteiger partial charge in [0.15, 0.2) is 11.5 Å². The number of likely N-dealkylation sites (tertiary alicyclic amines) is 1. The first kappa shape index (κ1) is 19.0. The van der Waals surface area contributed by atoms with Crippen molar-refractivity contribution in [1.29, 1.82) is 0 Å². The topological polar surface area (TPSA) is 67.5 Å². The van der Waals surface area contributed by atoms with Gasteiger partial charge in [0.2, 0.25) is 0 Å². The number of rotatable bonds is 4. The fourth-order valence-electron chi connectivity index (χ4n) is 4.53. The lowest BCUT2D eigenvalue weighted by molar-refractivity contribution is 0.170. The second-order valence-corrected chi connectivity index (χ2v) is 9.66. The van der Waals surface area contributed by atoms with Crippen molar-refractivity contribution in [2.24, 2.45) is 0 Å². The van der Waals surface area contributed by atoms with E-state index in [-0.39, 0.29) is 11.6 Å². The van der Waals surface area contributed by atoms with E-state index in [9.17, 15) is 4.79 Å². The number of nitrogens with zero attached hydrogens (tertiary/aromatic N) is 2. The van der Waals surface area contributed by atoms with Crippen LogP contribution in [0.25, 0.3) is 20.7 Å². The van der Waals surface area contributed by atoms with E-state index in [1.807, 2.05) is 29.0 Å². The zero-order valence-electron chi connectivity index (χ0n) is 16.8. The Balaban J connectivity index is 1.29. The predicted octanol–water partition coefficient (Wildman–Crippen LogP) is 4.82. The number of H-pyrrole nitrogens is 1. The number of aromatic nitrogens is 2. The van der Waals surface area contributed by atoms with E-state index in [4.69, 9.17) is 14.5 Å². The molecule has 4 aromatic rings. The molecule has 1 unspecified atom stereocenters. The van der Waals surface area contributed by atoms with Crippen molar-refractivity contribution in [3.8, 4) is 21.9 Å². The Bertz CT molecular complexity index is 1300. The van der Waals surface area contributed by atoms with Gasteiger partial charge in [-0.25, -0.2) is 4.98 Å².